The van der Waals surface area contributed by atoms with Gasteiger partial charge in [0.25, 0.3) is 0 Å². The molecule has 0 aliphatic carbocycles. The molecule has 0 amide bonds. The first-order valence-electron chi connectivity index (χ1n) is 10.6. The summed E-state index contributed by atoms with van der Waals surface area (Å²) in [5.74, 6) is 0.227. The molecule has 0 aliphatic rings. The van der Waals surface area contributed by atoms with Gasteiger partial charge in [0.2, 0.25) is 0 Å². The highest BCUT2D eigenvalue weighted by atomic mass is 16.1. The second-order valence-electron chi connectivity index (χ2n) is 9.94. The molecule has 3 nitrogen and oxygen atoms in total. The molecule has 0 unspecified atom stereocenters. The predicted octanol–water partition coefficient (Wildman–Crippen LogP) is 6.89. The third-order valence-corrected chi connectivity index (χ3v) is 5.36. The lowest BCUT2D eigenvalue weighted by molar-refractivity contribution is -0.125. The van der Waals surface area contributed by atoms with E-state index in [1.165, 1.54) is 5.39 Å². The number of benzene rings is 2. The summed E-state index contributed by atoms with van der Waals surface area (Å²) < 4.78 is 0. The van der Waals surface area contributed by atoms with Crippen LogP contribution in [0.4, 0.5) is 0 Å². The average molecular weight is 401 g/mol. The Kier molecular flexibility index (Phi) is 6.21. The van der Waals surface area contributed by atoms with E-state index in [1.807, 2.05) is 45.2 Å². The first kappa shape index (κ1) is 21.9. The highest BCUT2D eigenvalue weighted by molar-refractivity contribution is 6.06. The summed E-state index contributed by atoms with van der Waals surface area (Å²) in [4.78, 5) is 22.1. The smallest absolute Gasteiger partial charge is 0.143 e. The molecule has 2 aromatic carbocycles. The number of carbonyl (C=O) groups is 1. The largest absolute Gasteiger partial charge is 0.299 e. The molecule has 156 valence electrons. The molecular formula is C27H32N2O. The van der Waals surface area contributed by atoms with Crippen LogP contribution in [0.25, 0.3) is 22.0 Å². The molecule has 0 N–H and O–H groups in total. The monoisotopic (exact) mass is 400 g/mol. The van der Waals surface area contributed by atoms with Crippen LogP contribution in [0.15, 0.2) is 65.8 Å². The van der Waals surface area contributed by atoms with Crippen LogP contribution in [0, 0.1) is 10.8 Å². The number of ketones is 1. The van der Waals surface area contributed by atoms with Crippen molar-refractivity contribution >= 4 is 22.3 Å². The van der Waals surface area contributed by atoms with Crippen molar-refractivity contribution in [1.29, 1.82) is 0 Å². The molecule has 3 rings (SSSR count). The molecule has 3 heteroatoms. The van der Waals surface area contributed by atoms with E-state index in [1.54, 1.807) is 0 Å². The molecular weight excluding hydrogens is 368 g/mol. The lowest BCUT2D eigenvalue weighted by Gasteiger charge is -2.25. The molecule has 1 heterocycles. The first-order valence-corrected chi connectivity index (χ1v) is 10.6. The van der Waals surface area contributed by atoms with Gasteiger partial charge in [-0.3, -0.25) is 14.8 Å². The molecule has 0 bridgehead atoms. The Morgan fingerprint density at radius 3 is 2.33 bits per heavy atom. The van der Waals surface area contributed by atoms with E-state index < -0.39 is 0 Å². The van der Waals surface area contributed by atoms with Gasteiger partial charge in [-0.25, -0.2) is 0 Å². The van der Waals surface area contributed by atoms with Gasteiger partial charge in [-0.05, 0) is 23.1 Å². The van der Waals surface area contributed by atoms with Crippen LogP contribution in [0.5, 0.6) is 0 Å². The second kappa shape index (κ2) is 8.51. The predicted molar refractivity (Wildman–Crippen MR) is 127 cm³/mol. The van der Waals surface area contributed by atoms with Gasteiger partial charge in [-0.15, -0.1) is 0 Å². The van der Waals surface area contributed by atoms with Crippen LogP contribution in [0.3, 0.4) is 0 Å². The van der Waals surface area contributed by atoms with Crippen LogP contribution in [0.1, 0.15) is 53.5 Å². The molecule has 0 saturated heterocycles. The quantitative estimate of drug-likeness (QED) is 0.437. The Morgan fingerprint density at radius 2 is 1.63 bits per heavy atom. The summed E-state index contributed by atoms with van der Waals surface area (Å²) in [5, 5.41) is 2.33. The van der Waals surface area contributed by atoms with Crippen molar-refractivity contribution in [2.75, 3.05) is 0 Å². The third kappa shape index (κ3) is 5.21. The summed E-state index contributed by atoms with van der Waals surface area (Å²) in [6.07, 6.45) is 2.26. The number of pyridine rings is 1. The molecule has 0 aliphatic heterocycles. The van der Waals surface area contributed by atoms with Gasteiger partial charge in [-0.1, -0.05) is 84.0 Å². The third-order valence-electron chi connectivity index (χ3n) is 5.36. The van der Waals surface area contributed by atoms with Crippen molar-refractivity contribution in [3.8, 4) is 11.3 Å². The summed E-state index contributed by atoms with van der Waals surface area (Å²) in [5.41, 5.74) is 3.64. The number of rotatable bonds is 5. The van der Waals surface area contributed by atoms with E-state index in [9.17, 15) is 4.79 Å². The van der Waals surface area contributed by atoms with Gasteiger partial charge < -0.3 is 0 Å². The second-order valence-corrected chi connectivity index (χ2v) is 9.94. The van der Waals surface area contributed by atoms with Gasteiger partial charge in [-0.2, -0.15) is 0 Å². The lowest BCUT2D eigenvalue weighted by atomic mass is 9.81. The van der Waals surface area contributed by atoms with Gasteiger partial charge >= 0.3 is 0 Å². The zero-order chi connectivity index (χ0) is 21.9. The van der Waals surface area contributed by atoms with Crippen LogP contribution < -0.4 is 0 Å². The number of fused-ring (bicyclic) bond motifs is 1. The molecule has 30 heavy (non-hydrogen) atoms. The Morgan fingerprint density at radius 1 is 0.900 bits per heavy atom. The Bertz CT molecular complexity index is 1080. The fourth-order valence-electron chi connectivity index (χ4n) is 3.33. The number of carbonyl (C=O) groups excluding carboxylic acids is 1. The van der Waals surface area contributed by atoms with E-state index >= 15 is 0 Å². The minimum absolute atomic E-state index is 0.143. The minimum atomic E-state index is -0.355. The Balaban J connectivity index is 1.91. The number of hydrogen-bond donors (Lipinski definition) is 0. The topological polar surface area (TPSA) is 42.3 Å². The number of hydrogen-bond acceptors (Lipinski definition) is 3. The Labute approximate surface area is 180 Å². The first-order chi connectivity index (χ1) is 14.1. The maximum absolute atomic E-state index is 12.6. The minimum Gasteiger partial charge on any atom is -0.299 e. The van der Waals surface area contributed by atoms with Crippen LogP contribution in [0.2, 0.25) is 0 Å². The van der Waals surface area contributed by atoms with Crippen LogP contribution in [-0.4, -0.2) is 16.5 Å². The van der Waals surface area contributed by atoms with E-state index in [2.05, 4.69) is 62.2 Å². The summed E-state index contributed by atoms with van der Waals surface area (Å²) in [6.45, 7) is 12.8. The molecule has 0 atom stereocenters. The standard InChI is InChI=1S/C27H32N2O/c1-26(2,3)23(17-24(30)27(4,5)6)29-18-19-10-9-12-21(16-19)25-22-13-8-7-11-20(22)14-15-28-25/h7-16H,17-18H2,1-6H3. The van der Waals surface area contributed by atoms with Crippen molar-refractivity contribution in [3.05, 3.63) is 66.4 Å². The molecule has 0 fully saturated rings. The van der Waals surface area contributed by atoms with Crippen molar-refractivity contribution in [3.63, 3.8) is 0 Å². The SMILES string of the molecule is CC(C)(C)C(=O)CC(=NCc1cccc(-c2nccc3ccccc23)c1)C(C)(C)C. The summed E-state index contributed by atoms with van der Waals surface area (Å²) >= 11 is 0. The molecule has 0 saturated carbocycles. The van der Waals surface area contributed by atoms with E-state index in [4.69, 9.17) is 4.99 Å². The van der Waals surface area contributed by atoms with E-state index in [0.717, 1.165) is 27.9 Å². The highest BCUT2D eigenvalue weighted by Gasteiger charge is 2.27. The maximum Gasteiger partial charge on any atom is 0.143 e. The number of aliphatic imine (C=N–C) groups is 1. The zero-order valence-electron chi connectivity index (χ0n) is 19.0. The molecule has 0 radical (unpaired) electrons. The van der Waals surface area contributed by atoms with Crippen molar-refractivity contribution in [2.24, 2.45) is 15.8 Å². The zero-order valence-corrected chi connectivity index (χ0v) is 19.0. The van der Waals surface area contributed by atoms with E-state index in [0.29, 0.717) is 13.0 Å². The fraction of sp³-hybridized carbons (Fsp3) is 0.370. The highest BCUT2D eigenvalue weighted by Crippen LogP contribution is 2.28. The number of nitrogens with zero attached hydrogens (tertiary/aromatic N) is 2. The number of aromatic nitrogens is 1. The molecule has 0 spiro atoms. The van der Waals surface area contributed by atoms with Crippen molar-refractivity contribution in [1.82, 2.24) is 4.98 Å². The van der Waals surface area contributed by atoms with E-state index in [-0.39, 0.29) is 16.6 Å². The van der Waals surface area contributed by atoms with Crippen molar-refractivity contribution in [2.45, 2.75) is 54.5 Å². The van der Waals surface area contributed by atoms with Gasteiger partial charge in [0, 0.05) is 40.1 Å². The number of Topliss-reactive ketones (excluding diaryl/α,β-unsaturated/α-hetero) is 1. The van der Waals surface area contributed by atoms with Crippen LogP contribution in [-0.2, 0) is 11.3 Å². The summed E-state index contributed by atoms with van der Waals surface area (Å²) in [6, 6.07) is 18.7. The van der Waals surface area contributed by atoms with Crippen LogP contribution >= 0.6 is 0 Å². The summed E-state index contributed by atoms with van der Waals surface area (Å²) in [7, 11) is 0. The normalized spacial score (nSPS) is 12.9. The van der Waals surface area contributed by atoms with Crippen molar-refractivity contribution < 1.29 is 4.79 Å². The van der Waals surface area contributed by atoms with Gasteiger partial charge in [0.15, 0.2) is 0 Å². The maximum atomic E-state index is 12.6. The molecule has 1 aromatic heterocycles. The molecule has 3 aromatic rings. The van der Waals surface area contributed by atoms with Gasteiger partial charge in [0.05, 0.1) is 12.2 Å². The van der Waals surface area contributed by atoms with Gasteiger partial charge in [0.1, 0.15) is 5.78 Å². The fourth-order valence-corrected chi connectivity index (χ4v) is 3.33. The Hall–Kier alpha value is -2.81. The lowest BCUT2D eigenvalue weighted by Crippen LogP contribution is -2.29. The average Bonchev–Trinajstić information content (AvgIpc) is 2.69.